The van der Waals surface area contributed by atoms with Crippen LogP contribution in [0.15, 0.2) is 48.7 Å². The fourth-order valence-corrected chi connectivity index (χ4v) is 4.08. The Morgan fingerprint density at radius 1 is 1.17 bits per heavy atom. The van der Waals surface area contributed by atoms with E-state index in [1.54, 1.807) is 0 Å². The highest BCUT2D eigenvalue weighted by atomic mass is 16.1. The van der Waals surface area contributed by atoms with Gasteiger partial charge >= 0.3 is 0 Å². The van der Waals surface area contributed by atoms with Crippen LogP contribution in [0.3, 0.4) is 0 Å². The Bertz CT molecular complexity index is 1180. The lowest BCUT2D eigenvalue weighted by Gasteiger charge is -2.31. The van der Waals surface area contributed by atoms with E-state index in [1.807, 2.05) is 64.7 Å². The van der Waals surface area contributed by atoms with Gasteiger partial charge in [0.25, 0.3) is 0 Å². The summed E-state index contributed by atoms with van der Waals surface area (Å²) >= 11 is 0. The number of hydrogen-bond acceptors (Lipinski definition) is 5. The minimum absolute atomic E-state index is 0.0653. The average Bonchev–Trinajstić information content (AvgIpc) is 3.34. The predicted molar refractivity (Wildman–Crippen MR) is 110 cm³/mol. The third kappa shape index (κ3) is 3.20. The van der Waals surface area contributed by atoms with Gasteiger partial charge in [0, 0.05) is 26.3 Å². The molecule has 0 bridgehead atoms. The van der Waals surface area contributed by atoms with Crippen LogP contribution in [0.1, 0.15) is 18.7 Å². The van der Waals surface area contributed by atoms with E-state index in [9.17, 15) is 4.79 Å². The maximum atomic E-state index is 12.9. The number of carbonyl (C=O) groups excluding carboxylic acids is 1. The topological polar surface area (TPSA) is 80.4 Å². The first kappa shape index (κ1) is 17.7. The van der Waals surface area contributed by atoms with Crippen LogP contribution in [-0.4, -0.2) is 43.1 Å². The van der Waals surface area contributed by atoms with Crippen LogP contribution in [0.2, 0.25) is 0 Å². The zero-order valence-electron chi connectivity index (χ0n) is 16.3. The molecule has 0 radical (unpaired) electrons. The molecular weight excluding hydrogens is 366 g/mol. The predicted octanol–water partition coefficient (Wildman–Crippen LogP) is 2.15. The van der Waals surface area contributed by atoms with Crippen LogP contribution in [0.4, 0.5) is 5.95 Å². The number of imidazole rings is 1. The number of anilines is 1. The molecule has 0 unspecified atom stereocenters. The SMILES string of the molecule is Cn1c(CNC(=O)[C@@H]2CCCN(c3nnc4ccccn34)C2)nc2ccccc21. The molecule has 29 heavy (non-hydrogen) atoms. The Labute approximate surface area is 168 Å². The van der Waals surface area contributed by atoms with E-state index in [0.29, 0.717) is 13.1 Å². The molecular formula is C21H23N7O. The van der Waals surface area contributed by atoms with Crippen molar-refractivity contribution in [2.45, 2.75) is 19.4 Å². The van der Waals surface area contributed by atoms with E-state index < -0.39 is 0 Å². The number of piperidine rings is 1. The van der Waals surface area contributed by atoms with Crippen molar-refractivity contribution in [2.24, 2.45) is 13.0 Å². The maximum Gasteiger partial charge on any atom is 0.231 e. The van der Waals surface area contributed by atoms with Crippen molar-refractivity contribution in [3.05, 3.63) is 54.5 Å². The summed E-state index contributed by atoms with van der Waals surface area (Å²) in [4.78, 5) is 19.6. The van der Waals surface area contributed by atoms with Gasteiger partial charge in [0.1, 0.15) is 5.82 Å². The van der Waals surface area contributed by atoms with Crippen molar-refractivity contribution in [1.29, 1.82) is 0 Å². The third-order valence-corrected chi connectivity index (χ3v) is 5.67. The van der Waals surface area contributed by atoms with Crippen LogP contribution in [0.5, 0.6) is 0 Å². The van der Waals surface area contributed by atoms with Crippen molar-refractivity contribution in [2.75, 3.05) is 18.0 Å². The molecule has 0 spiro atoms. The summed E-state index contributed by atoms with van der Waals surface area (Å²) in [5.74, 6) is 1.65. The molecule has 0 aliphatic carbocycles. The van der Waals surface area contributed by atoms with Gasteiger partial charge in [-0.15, -0.1) is 10.2 Å². The van der Waals surface area contributed by atoms with Crippen LogP contribution < -0.4 is 10.2 Å². The first-order valence-electron chi connectivity index (χ1n) is 9.93. The fraction of sp³-hybridized carbons (Fsp3) is 0.333. The van der Waals surface area contributed by atoms with Gasteiger partial charge in [0.15, 0.2) is 5.65 Å². The number of amides is 1. The molecule has 4 heterocycles. The van der Waals surface area contributed by atoms with Crippen molar-refractivity contribution in [3.8, 4) is 0 Å². The third-order valence-electron chi connectivity index (χ3n) is 5.67. The summed E-state index contributed by atoms with van der Waals surface area (Å²) in [5, 5.41) is 11.6. The molecule has 1 amide bonds. The van der Waals surface area contributed by atoms with Gasteiger partial charge in [-0.25, -0.2) is 4.98 Å². The lowest BCUT2D eigenvalue weighted by molar-refractivity contribution is -0.125. The summed E-state index contributed by atoms with van der Waals surface area (Å²) in [7, 11) is 1.98. The van der Waals surface area contributed by atoms with Gasteiger partial charge in [0.2, 0.25) is 11.9 Å². The zero-order valence-corrected chi connectivity index (χ0v) is 16.3. The van der Waals surface area contributed by atoms with E-state index in [4.69, 9.17) is 0 Å². The minimum Gasteiger partial charge on any atom is -0.349 e. The smallest absolute Gasteiger partial charge is 0.231 e. The number of hydrogen-bond donors (Lipinski definition) is 1. The lowest BCUT2D eigenvalue weighted by Crippen LogP contribution is -2.43. The van der Waals surface area contributed by atoms with Gasteiger partial charge in [-0.05, 0) is 37.1 Å². The molecule has 1 aliphatic rings. The van der Waals surface area contributed by atoms with Crippen molar-refractivity contribution in [3.63, 3.8) is 0 Å². The first-order valence-corrected chi connectivity index (χ1v) is 9.93. The first-order chi connectivity index (χ1) is 14.2. The van der Waals surface area contributed by atoms with Crippen molar-refractivity contribution in [1.82, 2.24) is 29.5 Å². The second kappa shape index (κ2) is 7.20. The number of aryl methyl sites for hydroxylation is 1. The molecule has 5 rings (SSSR count). The average molecular weight is 389 g/mol. The van der Waals surface area contributed by atoms with Crippen LogP contribution in [0, 0.1) is 5.92 Å². The fourth-order valence-electron chi connectivity index (χ4n) is 4.08. The van der Waals surface area contributed by atoms with E-state index in [1.165, 1.54) is 0 Å². The highest BCUT2D eigenvalue weighted by Gasteiger charge is 2.28. The van der Waals surface area contributed by atoms with E-state index >= 15 is 0 Å². The second-order valence-electron chi connectivity index (χ2n) is 7.51. The number of nitrogens with zero attached hydrogens (tertiary/aromatic N) is 6. The highest BCUT2D eigenvalue weighted by molar-refractivity contribution is 5.80. The van der Waals surface area contributed by atoms with E-state index in [-0.39, 0.29) is 11.8 Å². The molecule has 1 aliphatic heterocycles. The molecule has 0 saturated carbocycles. The standard InChI is InChI=1S/C21H23N7O/c1-26-17-9-3-2-8-16(17)23-19(26)13-22-20(29)15-7-6-11-27(14-15)21-25-24-18-10-4-5-12-28(18)21/h2-5,8-10,12,15H,6-7,11,13-14H2,1H3,(H,22,29)/t15-/m1/s1. The van der Waals surface area contributed by atoms with Crippen LogP contribution >= 0.6 is 0 Å². The molecule has 1 aromatic carbocycles. The molecule has 148 valence electrons. The molecule has 1 atom stereocenters. The zero-order chi connectivity index (χ0) is 19.8. The molecule has 1 saturated heterocycles. The Hall–Kier alpha value is -3.42. The quantitative estimate of drug-likeness (QED) is 0.578. The van der Waals surface area contributed by atoms with E-state index in [2.05, 4.69) is 25.4 Å². The number of rotatable bonds is 4. The molecule has 1 N–H and O–H groups in total. The highest BCUT2D eigenvalue weighted by Crippen LogP contribution is 2.23. The maximum absolute atomic E-state index is 12.9. The lowest BCUT2D eigenvalue weighted by atomic mass is 9.97. The summed E-state index contributed by atoms with van der Waals surface area (Å²) in [6.45, 7) is 1.95. The number of para-hydroxylation sites is 2. The number of fused-ring (bicyclic) bond motifs is 2. The molecule has 8 heteroatoms. The van der Waals surface area contributed by atoms with Crippen molar-refractivity contribution >= 4 is 28.5 Å². The monoisotopic (exact) mass is 389 g/mol. The van der Waals surface area contributed by atoms with Gasteiger partial charge in [-0.3, -0.25) is 9.20 Å². The number of carbonyl (C=O) groups is 1. The van der Waals surface area contributed by atoms with Gasteiger partial charge in [-0.2, -0.15) is 0 Å². The van der Waals surface area contributed by atoms with Gasteiger partial charge < -0.3 is 14.8 Å². The van der Waals surface area contributed by atoms with Gasteiger partial charge in [0.05, 0.1) is 23.5 Å². The number of aromatic nitrogens is 5. The molecule has 3 aromatic heterocycles. The Balaban J connectivity index is 1.28. The number of nitrogens with one attached hydrogen (secondary N) is 1. The Morgan fingerprint density at radius 3 is 2.93 bits per heavy atom. The van der Waals surface area contributed by atoms with Crippen LogP contribution in [0.25, 0.3) is 16.7 Å². The summed E-state index contributed by atoms with van der Waals surface area (Å²) in [6.07, 6.45) is 3.79. The van der Waals surface area contributed by atoms with E-state index in [0.717, 1.165) is 47.8 Å². The van der Waals surface area contributed by atoms with Crippen LogP contribution in [-0.2, 0) is 18.4 Å². The molecule has 8 nitrogen and oxygen atoms in total. The Morgan fingerprint density at radius 2 is 2.03 bits per heavy atom. The minimum atomic E-state index is -0.0745. The summed E-state index contributed by atoms with van der Waals surface area (Å²) in [5.41, 5.74) is 2.83. The largest absolute Gasteiger partial charge is 0.349 e. The Kier molecular flexibility index (Phi) is 4.38. The normalized spacial score (nSPS) is 17.1. The van der Waals surface area contributed by atoms with Crippen molar-refractivity contribution < 1.29 is 4.79 Å². The molecule has 1 fully saturated rings. The summed E-state index contributed by atoms with van der Waals surface area (Å²) in [6, 6.07) is 13.8. The molecule has 4 aromatic rings. The number of pyridine rings is 1. The summed E-state index contributed by atoms with van der Waals surface area (Å²) < 4.78 is 4.00. The van der Waals surface area contributed by atoms with Gasteiger partial charge in [-0.1, -0.05) is 18.2 Å². The second-order valence-corrected chi connectivity index (χ2v) is 7.51. The number of benzene rings is 1.